The topological polar surface area (TPSA) is 76.1 Å². The molecule has 0 aliphatic carbocycles. The molecular weight excluding hydrogens is 410 g/mol. The maximum Gasteiger partial charge on any atom is 0.417 e. The standard InChI is InChI=1S/C24H45NO5Si/c1-14(2)21-13-29-24(28)25(21)23(27)19(10)12-18(9)22(26)20(11)30-31(15(3)4,16(5)6)17(7)8/h12,14-18,20-22,26H,13H2,1-11H3/b19-12+/t18-,20+,21+,22-/m0/s1. The lowest BCUT2D eigenvalue weighted by Gasteiger charge is -2.45. The lowest BCUT2D eigenvalue weighted by molar-refractivity contribution is -0.125. The van der Waals surface area contributed by atoms with Gasteiger partial charge < -0.3 is 14.3 Å². The van der Waals surface area contributed by atoms with E-state index >= 15 is 0 Å². The van der Waals surface area contributed by atoms with Gasteiger partial charge in [0.05, 0.1) is 18.2 Å². The Labute approximate surface area is 190 Å². The molecule has 180 valence electrons. The molecule has 0 unspecified atom stereocenters. The van der Waals surface area contributed by atoms with Gasteiger partial charge >= 0.3 is 6.09 Å². The number of imide groups is 1. The van der Waals surface area contributed by atoms with E-state index in [9.17, 15) is 14.7 Å². The molecule has 1 aliphatic rings. The molecule has 2 amide bonds. The van der Waals surface area contributed by atoms with Gasteiger partial charge in [-0.2, -0.15) is 0 Å². The molecule has 0 aromatic rings. The number of hydrogen-bond acceptors (Lipinski definition) is 5. The largest absolute Gasteiger partial charge is 0.447 e. The molecule has 1 saturated heterocycles. The fraction of sp³-hybridized carbons (Fsp3) is 0.833. The SMILES string of the molecule is C/C(=C\[C@H](C)[C@H](O)[C@@H](C)O[Si](C(C)C)(C(C)C)C(C)C)C(=O)N1C(=O)OC[C@@H]1C(C)C. The van der Waals surface area contributed by atoms with Crippen LogP contribution in [0.25, 0.3) is 0 Å². The van der Waals surface area contributed by atoms with E-state index in [0.29, 0.717) is 22.2 Å². The van der Waals surface area contributed by atoms with Crippen molar-refractivity contribution in [3.05, 3.63) is 11.6 Å². The van der Waals surface area contributed by atoms with Crippen LogP contribution in [-0.4, -0.2) is 55.2 Å². The van der Waals surface area contributed by atoms with Gasteiger partial charge in [-0.25, -0.2) is 9.69 Å². The van der Waals surface area contributed by atoms with Crippen molar-refractivity contribution in [2.75, 3.05) is 6.61 Å². The van der Waals surface area contributed by atoms with Crippen molar-refractivity contribution >= 4 is 20.3 Å². The highest BCUT2D eigenvalue weighted by Gasteiger charge is 2.47. The summed E-state index contributed by atoms with van der Waals surface area (Å²) in [6, 6.07) is -0.263. The molecule has 6 nitrogen and oxygen atoms in total. The van der Waals surface area contributed by atoms with E-state index in [1.807, 2.05) is 27.7 Å². The molecule has 1 N–H and O–H groups in total. The minimum Gasteiger partial charge on any atom is -0.447 e. The number of aliphatic hydroxyl groups is 1. The second-order valence-electron chi connectivity index (χ2n) is 10.4. The van der Waals surface area contributed by atoms with Crippen molar-refractivity contribution in [2.45, 2.75) is 111 Å². The summed E-state index contributed by atoms with van der Waals surface area (Å²) < 4.78 is 11.8. The number of cyclic esters (lactones) is 1. The van der Waals surface area contributed by atoms with Gasteiger partial charge in [-0.15, -0.1) is 0 Å². The highest BCUT2D eigenvalue weighted by Crippen LogP contribution is 2.43. The molecule has 0 saturated carbocycles. The summed E-state index contributed by atoms with van der Waals surface area (Å²) >= 11 is 0. The van der Waals surface area contributed by atoms with Gasteiger partial charge in [0.1, 0.15) is 6.61 Å². The lowest BCUT2D eigenvalue weighted by atomic mass is 9.97. The minimum atomic E-state index is -2.13. The third-order valence-electron chi connectivity index (χ3n) is 6.86. The Bertz CT molecular complexity index is 637. The van der Waals surface area contributed by atoms with Crippen LogP contribution in [0, 0.1) is 11.8 Å². The third kappa shape index (κ3) is 5.99. The zero-order valence-electron chi connectivity index (χ0n) is 21.4. The summed E-state index contributed by atoms with van der Waals surface area (Å²) in [4.78, 5) is 26.3. The summed E-state index contributed by atoms with van der Waals surface area (Å²) in [6.45, 7) is 23.0. The Kier molecular flexibility index (Phi) is 9.97. The van der Waals surface area contributed by atoms with E-state index in [0.717, 1.165) is 0 Å². The van der Waals surface area contributed by atoms with Crippen LogP contribution in [-0.2, 0) is 14.0 Å². The highest BCUT2D eigenvalue weighted by atomic mass is 28.4. The molecule has 0 radical (unpaired) electrons. The van der Waals surface area contributed by atoms with Crippen LogP contribution in [0.5, 0.6) is 0 Å². The Balaban J connectivity index is 3.01. The Hall–Kier alpha value is -1.18. The molecular formula is C24H45NO5Si. The van der Waals surface area contributed by atoms with Gasteiger partial charge in [-0.05, 0) is 36.4 Å². The van der Waals surface area contributed by atoms with Crippen molar-refractivity contribution in [3.63, 3.8) is 0 Å². The highest BCUT2D eigenvalue weighted by molar-refractivity contribution is 6.77. The average molecular weight is 456 g/mol. The van der Waals surface area contributed by atoms with Crippen LogP contribution in [0.2, 0.25) is 16.6 Å². The van der Waals surface area contributed by atoms with Gasteiger partial charge in [-0.1, -0.05) is 68.4 Å². The Morgan fingerprint density at radius 1 is 1.06 bits per heavy atom. The summed E-state index contributed by atoms with van der Waals surface area (Å²) in [5.41, 5.74) is 1.70. The number of nitrogens with zero attached hydrogens (tertiary/aromatic N) is 1. The molecule has 0 bridgehead atoms. The van der Waals surface area contributed by atoms with E-state index in [2.05, 4.69) is 41.5 Å². The molecule has 0 spiro atoms. The van der Waals surface area contributed by atoms with Crippen LogP contribution in [0.3, 0.4) is 0 Å². The second kappa shape index (κ2) is 11.1. The second-order valence-corrected chi connectivity index (χ2v) is 15.8. The van der Waals surface area contributed by atoms with Crippen molar-refractivity contribution in [3.8, 4) is 0 Å². The first kappa shape index (κ1) is 27.9. The van der Waals surface area contributed by atoms with E-state index in [-0.39, 0.29) is 36.5 Å². The number of ether oxygens (including phenoxy) is 1. The number of rotatable bonds is 10. The zero-order valence-corrected chi connectivity index (χ0v) is 22.4. The predicted molar refractivity (Wildman–Crippen MR) is 127 cm³/mol. The monoisotopic (exact) mass is 455 g/mol. The molecule has 1 heterocycles. The molecule has 31 heavy (non-hydrogen) atoms. The molecule has 1 rings (SSSR count). The van der Waals surface area contributed by atoms with Crippen LogP contribution in [0.4, 0.5) is 4.79 Å². The Morgan fingerprint density at radius 2 is 1.55 bits per heavy atom. The van der Waals surface area contributed by atoms with Crippen molar-refractivity contribution in [1.29, 1.82) is 0 Å². The first-order valence-corrected chi connectivity index (χ1v) is 13.9. The third-order valence-corrected chi connectivity index (χ3v) is 13.1. The molecule has 1 aliphatic heterocycles. The van der Waals surface area contributed by atoms with E-state index < -0.39 is 20.5 Å². The molecule has 4 atom stereocenters. The Morgan fingerprint density at radius 3 is 1.97 bits per heavy atom. The van der Waals surface area contributed by atoms with E-state index in [1.165, 1.54) is 4.90 Å². The number of amides is 2. The summed E-state index contributed by atoms with van der Waals surface area (Å²) in [7, 11) is -2.13. The normalized spacial score (nSPS) is 21.3. The fourth-order valence-corrected chi connectivity index (χ4v) is 10.7. The zero-order chi connectivity index (χ0) is 24.3. The molecule has 0 aromatic heterocycles. The van der Waals surface area contributed by atoms with Crippen molar-refractivity contribution in [2.24, 2.45) is 11.8 Å². The van der Waals surface area contributed by atoms with Crippen LogP contribution in [0.1, 0.15) is 76.2 Å². The van der Waals surface area contributed by atoms with Crippen molar-refractivity contribution in [1.82, 2.24) is 4.90 Å². The van der Waals surface area contributed by atoms with Gasteiger partial charge in [0.2, 0.25) is 8.32 Å². The van der Waals surface area contributed by atoms with E-state index in [4.69, 9.17) is 9.16 Å². The van der Waals surface area contributed by atoms with Crippen LogP contribution < -0.4 is 0 Å². The quantitative estimate of drug-likeness (QED) is 0.347. The molecule has 0 aromatic carbocycles. The molecule has 1 fully saturated rings. The van der Waals surface area contributed by atoms with Gasteiger partial charge in [0.25, 0.3) is 5.91 Å². The van der Waals surface area contributed by atoms with Gasteiger partial charge in [0.15, 0.2) is 0 Å². The number of carbonyl (C=O) groups is 2. The summed E-state index contributed by atoms with van der Waals surface area (Å²) in [6.07, 6.45) is 0.0487. The van der Waals surface area contributed by atoms with Gasteiger partial charge in [0, 0.05) is 11.5 Å². The fourth-order valence-electron chi connectivity index (χ4n) is 5.14. The maximum atomic E-state index is 12.9. The molecule has 7 heteroatoms. The number of aliphatic hydroxyl groups excluding tert-OH is 1. The number of hydrogen-bond donors (Lipinski definition) is 1. The lowest BCUT2D eigenvalue weighted by Crippen LogP contribution is -2.52. The van der Waals surface area contributed by atoms with Gasteiger partial charge in [-0.3, -0.25) is 4.79 Å². The summed E-state index contributed by atoms with van der Waals surface area (Å²) in [5, 5.41) is 11.0. The van der Waals surface area contributed by atoms with E-state index in [1.54, 1.807) is 13.0 Å². The number of carbonyl (C=O) groups excluding carboxylic acids is 2. The summed E-state index contributed by atoms with van der Waals surface area (Å²) in [5.74, 6) is -0.543. The van der Waals surface area contributed by atoms with Crippen LogP contribution >= 0.6 is 0 Å². The van der Waals surface area contributed by atoms with Crippen molar-refractivity contribution < 1.29 is 23.9 Å². The maximum absolute atomic E-state index is 12.9. The first-order valence-electron chi connectivity index (χ1n) is 11.7. The average Bonchev–Trinajstić information content (AvgIpc) is 3.05. The predicted octanol–water partition coefficient (Wildman–Crippen LogP) is 5.51. The van der Waals surface area contributed by atoms with Crippen LogP contribution in [0.15, 0.2) is 11.6 Å². The smallest absolute Gasteiger partial charge is 0.417 e. The first-order chi connectivity index (χ1) is 14.2. The minimum absolute atomic E-state index is 0.112.